The van der Waals surface area contributed by atoms with Crippen LogP contribution in [0.2, 0.25) is 0 Å². The van der Waals surface area contributed by atoms with Gasteiger partial charge in [-0.1, -0.05) is 0 Å². The molecule has 6 heteroatoms. The van der Waals surface area contributed by atoms with Crippen LogP contribution in [-0.4, -0.2) is 24.4 Å². The summed E-state index contributed by atoms with van der Waals surface area (Å²) in [5.41, 5.74) is 6.10. The van der Waals surface area contributed by atoms with Crippen molar-refractivity contribution in [3.8, 4) is 0 Å². The molecule has 0 spiro atoms. The van der Waals surface area contributed by atoms with Crippen LogP contribution in [0.4, 0.5) is 5.69 Å². The molecular weight excluding hydrogens is 238 g/mol. The van der Waals surface area contributed by atoms with Crippen molar-refractivity contribution in [2.75, 3.05) is 12.3 Å². The monoisotopic (exact) mass is 253 g/mol. The minimum Gasteiger partial charge on any atom is -0.397 e. The molecule has 0 atom stereocenters. The smallest absolute Gasteiger partial charge is 0.263 e. The predicted molar refractivity (Wildman–Crippen MR) is 66.8 cm³/mol. The van der Waals surface area contributed by atoms with E-state index in [4.69, 9.17) is 5.73 Å². The molecule has 1 aliphatic rings. The van der Waals surface area contributed by atoms with E-state index in [1.807, 2.05) is 0 Å². The van der Waals surface area contributed by atoms with Crippen LogP contribution in [0.25, 0.3) is 0 Å². The van der Waals surface area contributed by atoms with Gasteiger partial charge in [0.05, 0.1) is 5.69 Å². The van der Waals surface area contributed by atoms with Crippen molar-refractivity contribution in [2.45, 2.75) is 25.3 Å². The Kier molecular flexibility index (Phi) is 3.63. The van der Waals surface area contributed by atoms with Gasteiger partial charge >= 0.3 is 0 Å². The minimum atomic E-state index is -0.211. The van der Waals surface area contributed by atoms with Crippen LogP contribution in [0.1, 0.15) is 28.9 Å². The van der Waals surface area contributed by atoms with Gasteiger partial charge in [-0.05, 0) is 24.3 Å². The lowest BCUT2D eigenvalue weighted by atomic mass is 10.3. The van der Waals surface area contributed by atoms with Crippen LogP contribution in [0.5, 0.6) is 0 Å². The standard InChI is InChI=1S/C11H15N3O2S/c12-8-4-6-17-10(8)11(16)13-5-3-9(15)14-7-1-2-7/h4,6-7H,1-3,5,12H2,(H,13,16)(H,14,15). The number of nitrogens with two attached hydrogens (primary N) is 1. The number of hydrogen-bond acceptors (Lipinski definition) is 4. The van der Waals surface area contributed by atoms with E-state index in [1.54, 1.807) is 11.4 Å². The normalized spacial score (nSPS) is 14.4. The van der Waals surface area contributed by atoms with E-state index in [1.165, 1.54) is 11.3 Å². The van der Waals surface area contributed by atoms with Gasteiger partial charge in [-0.25, -0.2) is 0 Å². The Labute approximate surface area is 103 Å². The Hall–Kier alpha value is -1.56. The first kappa shape index (κ1) is 11.9. The van der Waals surface area contributed by atoms with Gasteiger partial charge in [0.25, 0.3) is 5.91 Å². The van der Waals surface area contributed by atoms with Crippen molar-refractivity contribution in [1.29, 1.82) is 0 Å². The minimum absolute atomic E-state index is 0.00745. The quantitative estimate of drug-likeness (QED) is 0.723. The molecule has 5 nitrogen and oxygen atoms in total. The summed E-state index contributed by atoms with van der Waals surface area (Å²) in [5, 5.41) is 7.31. The molecule has 4 N–H and O–H groups in total. The van der Waals surface area contributed by atoms with Gasteiger partial charge < -0.3 is 16.4 Å². The van der Waals surface area contributed by atoms with Crippen LogP contribution >= 0.6 is 11.3 Å². The second-order valence-corrected chi connectivity index (χ2v) is 4.97. The van der Waals surface area contributed by atoms with Crippen LogP contribution in [0.15, 0.2) is 11.4 Å². The highest BCUT2D eigenvalue weighted by Crippen LogP contribution is 2.19. The molecule has 1 aromatic rings. The van der Waals surface area contributed by atoms with Gasteiger partial charge in [0.2, 0.25) is 5.91 Å². The maximum Gasteiger partial charge on any atom is 0.263 e. The molecule has 92 valence electrons. The molecule has 1 aromatic heterocycles. The molecule has 1 heterocycles. The van der Waals surface area contributed by atoms with Crippen molar-refractivity contribution in [3.63, 3.8) is 0 Å². The summed E-state index contributed by atoms with van der Waals surface area (Å²) in [4.78, 5) is 23.5. The Balaban J connectivity index is 1.69. The highest BCUT2D eigenvalue weighted by atomic mass is 32.1. The number of thiophene rings is 1. The van der Waals surface area contributed by atoms with Crippen LogP contribution in [0.3, 0.4) is 0 Å². The van der Waals surface area contributed by atoms with E-state index in [0.29, 0.717) is 29.6 Å². The topological polar surface area (TPSA) is 84.2 Å². The fourth-order valence-corrected chi connectivity index (χ4v) is 2.14. The number of nitrogens with one attached hydrogen (secondary N) is 2. The average molecular weight is 253 g/mol. The number of nitrogen functional groups attached to an aromatic ring is 1. The zero-order valence-electron chi connectivity index (χ0n) is 9.36. The summed E-state index contributed by atoms with van der Waals surface area (Å²) in [5.74, 6) is -0.219. The molecular formula is C11H15N3O2S. The molecule has 0 aliphatic heterocycles. The second kappa shape index (κ2) is 5.18. The number of amides is 2. The summed E-state index contributed by atoms with van der Waals surface area (Å²) < 4.78 is 0. The van der Waals surface area contributed by atoms with Crippen molar-refractivity contribution in [1.82, 2.24) is 10.6 Å². The molecule has 0 bridgehead atoms. The summed E-state index contributed by atoms with van der Waals surface area (Å²) in [6, 6.07) is 2.06. The third kappa shape index (κ3) is 3.45. The number of hydrogen-bond donors (Lipinski definition) is 3. The van der Waals surface area contributed by atoms with E-state index < -0.39 is 0 Å². The molecule has 0 saturated heterocycles. The summed E-state index contributed by atoms with van der Waals surface area (Å²) in [7, 11) is 0. The second-order valence-electron chi connectivity index (χ2n) is 4.05. The van der Waals surface area contributed by atoms with Crippen molar-refractivity contribution in [2.24, 2.45) is 0 Å². The number of carbonyl (C=O) groups excluding carboxylic acids is 2. The molecule has 0 radical (unpaired) electrons. The molecule has 2 rings (SSSR count). The first-order chi connectivity index (χ1) is 8.16. The zero-order valence-corrected chi connectivity index (χ0v) is 10.2. The lowest BCUT2D eigenvalue weighted by Gasteiger charge is -2.05. The van der Waals surface area contributed by atoms with Gasteiger partial charge in [-0.15, -0.1) is 11.3 Å². The van der Waals surface area contributed by atoms with Gasteiger partial charge in [-0.2, -0.15) is 0 Å². The first-order valence-electron chi connectivity index (χ1n) is 5.57. The highest BCUT2D eigenvalue weighted by Gasteiger charge is 2.22. The number of carbonyl (C=O) groups is 2. The Morgan fingerprint density at radius 3 is 2.82 bits per heavy atom. The lowest BCUT2D eigenvalue weighted by Crippen LogP contribution is -2.31. The largest absolute Gasteiger partial charge is 0.397 e. The molecule has 1 aliphatic carbocycles. The lowest BCUT2D eigenvalue weighted by molar-refractivity contribution is -0.121. The van der Waals surface area contributed by atoms with Gasteiger partial charge in [-0.3, -0.25) is 9.59 Å². The van der Waals surface area contributed by atoms with Gasteiger partial charge in [0, 0.05) is 19.0 Å². The molecule has 0 unspecified atom stereocenters. The summed E-state index contributed by atoms with van der Waals surface area (Å²) >= 11 is 1.30. The van der Waals surface area contributed by atoms with Crippen LogP contribution in [-0.2, 0) is 4.79 Å². The van der Waals surface area contributed by atoms with Crippen molar-refractivity contribution < 1.29 is 9.59 Å². The number of anilines is 1. The van der Waals surface area contributed by atoms with E-state index >= 15 is 0 Å². The maximum absolute atomic E-state index is 11.6. The Bertz CT molecular complexity index is 426. The van der Waals surface area contributed by atoms with E-state index in [0.717, 1.165) is 12.8 Å². The summed E-state index contributed by atoms with van der Waals surface area (Å²) in [6.07, 6.45) is 2.46. The fourth-order valence-electron chi connectivity index (χ4n) is 1.40. The maximum atomic E-state index is 11.6. The Morgan fingerprint density at radius 2 is 2.24 bits per heavy atom. The fraction of sp³-hybridized carbons (Fsp3) is 0.455. The van der Waals surface area contributed by atoms with Gasteiger partial charge in [0.1, 0.15) is 4.88 Å². The third-order valence-corrected chi connectivity index (χ3v) is 3.41. The molecule has 0 aromatic carbocycles. The molecule has 1 saturated carbocycles. The first-order valence-corrected chi connectivity index (χ1v) is 6.45. The van der Waals surface area contributed by atoms with E-state index in [-0.39, 0.29) is 11.8 Å². The Morgan fingerprint density at radius 1 is 1.47 bits per heavy atom. The summed E-state index contributed by atoms with van der Waals surface area (Å²) in [6.45, 7) is 0.342. The highest BCUT2D eigenvalue weighted by molar-refractivity contribution is 7.12. The average Bonchev–Trinajstić information content (AvgIpc) is 2.98. The predicted octanol–water partition coefficient (Wildman–Crippen LogP) is 0.729. The third-order valence-electron chi connectivity index (χ3n) is 2.48. The molecule has 1 fully saturated rings. The van der Waals surface area contributed by atoms with E-state index in [9.17, 15) is 9.59 Å². The SMILES string of the molecule is Nc1ccsc1C(=O)NCCC(=O)NC1CC1. The van der Waals surface area contributed by atoms with Crippen molar-refractivity contribution >= 4 is 28.8 Å². The van der Waals surface area contributed by atoms with Gasteiger partial charge in [0.15, 0.2) is 0 Å². The van der Waals surface area contributed by atoms with Crippen LogP contribution < -0.4 is 16.4 Å². The van der Waals surface area contributed by atoms with Crippen molar-refractivity contribution in [3.05, 3.63) is 16.3 Å². The number of rotatable bonds is 5. The molecule has 17 heavy (non-hydrogen) atoms. The molecule has 2 amide bonds. The van der Waals surface area contributed by atoms with Crippen LogP contribution in [0, 0.1) is 0 Å². The van der Waals surface area contributed by atoms with E-state index in [2.05, 4.69) is 10.6 Å². The zero-order chi connectivity index (χ0) is 12.3.